The van der Waals surface area contributed by atoms with Crippen LogP contribution in [0.5, 0.6) is 0 Å². The number of aliphatic carboxylic acids is 2. The number of carboxylic acids is 2. The zero-order chi connectivity index (χ0) is 18.9. The standard InChI is InChI=1S/C13H16N6O.C2H2O4.H2O/c14-6-12-13(18-20-17-12)8-19-3-1-10(2-4-19)5-11-7-15-9-16-11;3-1(4)2(5)6;/h7,9-10H,1-5,8H2,(H,15,16);(H,3,4)(H,5,6);1H2. The van der Waals surface area contributed by atoms with E-state index in [0.717, 1.165) is 32.4 Å². The molecule has 0 bridgehead atoms. The first-order valence-electron chi connectivity index (χ1n) is 7.87. The number of nitrogens with one attached hydrogen (secondary N) is 1. The maximum atomic E-state index is 9.10. The number of hydrogen-bond acceptors (Lipinski definition) is 8. The molecule has 1 aliphatic rings. The largest absolute Gasteiger partial charge is 0.473 e. The Morgan fingerprint density at radius 1 is 1.30 bits per heavy atom. The molecule has 0 spiro atoms. The number of carboxylic acid groups (broad SMARTS) is 2. The molecule has 3 rings (SSSR count). The first-order valence-corrected chi connectivity index (χ1v) is 7.87. The third-order valence-corrected chi connectivity index (χ3v) is 3.99. The summed E-state index contributed by atoms with van der Waals surface area (Å²) in [7, 11) is 0. The lowest BCUT2D eigenvalue weighted by atomic mass is 9.92. The molecule has 0 unspecified atom stereocenters. The Morgan fingerprint density at radius 3 is 2.48 bits per heavy atom. The van der Waals surface area contributed by atoms with E-state index in [4.69, 9.17) is 25.1 Å². The maximum absolute atomic E-state index is 9.10. The molecular formula is C15H20N6O6. The fourth-order valence-corrected chi connectivity index (χ4v) is 2.66. The predicted octanol–water partition coefficient (Wildman–Crippen LogP) is -0.550. The molecule has 5 N–H and O–H groups in total. The van der Waals surface area contributed by atoms with Crippen molar-refractivity contribution in [3.63, 3.8) is 0 Å². The van der Waals surface area contributed by atoms with E-state index in [2.05, 4.69) is 29.8 Å². The van der Waals surface area contributed by atoms with E-state index in [1.54, 1.807) is 6.33 Å². The zero-order valence-electron chi connectivity index (χ0n) is 14.3. The van der Waals surface area contributed by atoms with Crippen molar-refractivity contribution in [3.8, 4) is 6.07 Å². The maximum Gasteiger partial charge on any atom is 0.414 e. The number of nitriles is 1. The van der Waals surface area contributed by atoms with E-state index < -0.39 is 11.9 Å². The van der Waals surface area contributed by atoms with E-state index in [-0.39, 0.29) is 5.48 Å². The number of H-pyrrole nitrogens is 1. The van der Waals surface area contributed by atoms with Gasteiger partial charge in [0.05, 0.1) is 6.33 Å². The van der Waals surface area contributed by atoms with Gasteiger partial charge in [-0.15, -0.1) is 0 Å². The van der Waals surface area contributed by atoms with Gasteiger partial charge in [0.15, 0.2) is 0 Å². The van der Waals surface area contributed by atoms with Crippen molar-refractivity contribution in [3.05, 3.63) is 29.6 Å². The number of aromatic nitrogens is 4. The number of aromatic amines is 1. The Bertz CT molecular complexity index is 748. The number of carbonyl (C=O) groups is 2. The van der Waals surface area contributed by atoms with Gasteiger partial charge in [-0.25, -0.2) is 19.2 Å². The lowest BCUT2D eigenvalue weighted by molar-refractivity contribution is -0.159. The molecule has 0 saturated carbocycles. The van der Waals surface area contributed by atoms with E-state index in [1.807, 2.05) is 12.3 Å². The molecule has 3 heterocycles. The molecule has 12 nitrogen and oxygen atoms in total. The van der Waals surface area contributed by atoms with E-state index >= 15 is 0 Å². The van der Waals surface area contributed by atoms with Crippen LogP contribution in [0.3, 0.4) is 0 Å². The molecule has 2 aromatic heterocycles. The number of rotatable bonds is 4. The Balaban J connectivity index is 0.000000456. The highest BCUT2D eigenvalue weighted by Crippen LogP contribution is 2.22. The van der Waals surface area contributed by atoms with Crippen LogP contribution < -0.4 is 0 Å². The van der Waals surface area contributed by atoms with Crippen molar-refractivity contribution in [2.75, 3.05) is 13.1 Å². The summed E-state index contributed by atoms with van der Waals surface area (Å²) in [5, 5.41) is 31.0. The van der Waals surface area contributed by atoms with Gasteiger partial charge in [-0.05, 0) is 43.4 Å². The van der Waals surface area contributed by atoms with Gasteiger partial charge in [-0.3, -0.25) is 4.90 Å². The third-order valence-electron chi connectivity index (χ3n) is 3.99. The second-order valence-corrected chi connectivity index (χ2v) is 5.78. The summed E-state index contributed by atoms with van der Waals surface area (Å²) in [4.78, 5) is 27.7. The highest BCUT2D eigenvalue weighted by Gasteiger charge is 2.22. The van der Waals surface area contributed by atoms with Gasteiger partial charge >= 0.3 is 11.9 Å². The molecule has 1 saturated heterocycles. The molecule has 2 aromatic rings. The fourth-order valence-electron chi connectivity index (χ4n) is 2.66. The predicted molar refractivity (Wildman–Crippen MR) is 88.2 cm³/mol. The van der Waals surface area contributed by atoms with Crippen molar-refractivity contribution >= 4 is 11.9 Å². The summed E-state index contributed by atoms with van der Waals surface area (Å²) in [6, 6.07) is 2.00. The fraction of sp³-hybridized carbons (Fsp3) is 0.467. The normalized spacial score (nSPS) is 14.3. The van der Waals surface area contributed by atoms with Crippen LogP contribution in [0.4, 0.5) is 0 Å². The summed E-state index contributed by atoms with van der Waals surface area (Å²) in [6.07, 6.45) is 6.97. The van der Waals surface area contributed by atoms with Gasteiger partial charge in [0.1, 0.15) is 11.8 Å². The topological polar surface area (TPSA) is 201 Å². The van der Waals surface area contributed by atoms with E-state index in [1.165, 1.54) is 5.69 Å². The summed E-state index contributed by atoms with van der Waals surface area (Å²) in [5.74, 6) is -2.96. The van der Waals surface area contributed by atoms with Crippen molar-refractivity contribution in [1.29, 1.82) is 5.26 Å². The smallest absolute Gasteiger partial charge is 0.414 e. The summed E-state index contributed by atoms with van der Waals surface area (Å²) in [6.45, 7) is 2.66. The highest BCUT2D eigenvalue weighted by atomic mass is 16.6. The minimum atomic E-state index is -1.82. The van der Waals surface area contributed by atoms with Crippen LogP contribution in [-0.2, 0) is 22.6 Å². The SMILES string of the molecule is N#Cc1nonc1CN1CCC(Cc2cnc[nH]2)CC1.O.O=C(O)C(=O)O. The molecule has 12 heteroatoms. The Morgan fingerprint density at radius 2 is 1.96 bits per heavy atom. The second-order valence-electron chi connectivity index (χ2n) is 5.78. The van der Waals surface area contributed by atoms with Crippen molar-refractivity contribution < 1.29 is 29.9 Å². The molecule has 27 heavy (non-hydrogen) atoms. The number of nitrogens with zero attached hydrogens (tertiary/aromatic N) is 5. The van der Waals surface area contributed by atoms with Gasteiger partial charge < -0.3 is 20.7 Å². The number of likely N-dealkylation sites (tertiary alicyclic amines) is 1. The van der Waals surface area contributed by atoms with Crippen LogP contribution in [-0.4, -0.2) is 65.9 Å². The summed E-state index contributed by atoms with van der Waals surface area (Å²) >= 11 is 0. The monoisotopic (exact) mass is 380 g/mol. The molecular weight excluding hydrogens is 360 g/mol. The van der Waals surface area contributed by atoms with Gasteiger partial charge in [0.2, 0.25) is 5.69 Å². The molecule has 0 aromatic carbocycles. The van der Waals surface area contributed by atoms with Gasteiger partial charge in [-0.2, -0.15) is 5.26 Å². The quantitative estimate of drug-likeness (QED) is 0.577. The lowest BCUT2D eigenvalue weighted by Crippen LogP contribution is -2.34. The highest BCUT2D eigenvalue weighted by molar-refractivity contribution is 6.27. The molecule has 1 fully saturated rings. The summed E-state index contributed by atoms with van der Waals surface area (Å²) < 4.78 is 4.61. The number of hydrogen-bond donors (Lipinski definition) is 3. The third kappa shape index (κ3) is 6.84. The Labute approximate surface area is 153 Å². The van der Waals surface area contributed by atoms with Crippen LogP contribution in [0.1, 0.15) is 29.9 Å². The average Bonchev–Trinajstić information content (AvgIpc) is 3.28. The van der Waals surface area contributed by atoms with Crippen LogP contribution in [0, 0.1) is 17.2 Å². The van der Waals surface area contributed by atoms with Crippen molar-refractivity contribution in [1.82, 2.24) is 25.2 Å². The number of piperidine rings is 1. The molecule has 0 aliphatic carbocycles. The molecule has 0 radical (unpaired) electrons. The van der Waals surface area contributed by atoms with Crippen LogP contribution in [0.2, 0.25) is 0 Å². The first kappa shape index (κ1) is 21.7. The van der Waals surface area contributed by atoms with Crippen molar-refractivity contribution in [2.45, 2.75) is 25.8 Å². The van der Waals surface area contributed by atoms with E-state index in [0.29, 0.717) is 23.9 Å². The molecule has 0 atom stereocenters. The van der Waals surface area contributed by atoms with Gasteiger partial charge in [0.25, 0.3) is 0 Å². The zero-order valence-corrected chi connectivity index (χ0v) is 14.3. The van der Waals surface area contributed by atoms with Crippen LogP contribution in [0.25, 0.3) is 0 Å². The molecule has 146 valence electrons. The summed E-state index contributed by atoms with van der Waals surface area (Å²) in [5.41, 5.74) is 2.14. The Kier molecular flexibility index (Phi) is 8.57. The molecule has 0 amide bonds. The molecule has 1 aliphatic heterocycles. The number of imidazole rings is 1. The minimum absolute atomic E-state index is 0. The van der Waals surface area contributed by atoms with Crippen LogP contribution in [0.15, 0.2) is 17.2 Å². The van der Waals surface area contributed by atoms with Gasteiger partial charge in [-0.1, -0.05) is 5.16 Å². The van der Waals surface area contributed by atoms with E-state index in [9.17, 15) is 0 Å². The van der Waals surface area contributed by atoms with Crippen LogP contribution >= 0.6 is 0 Å². The average molecular weight is 380 g/mol. The first-order chi connectivity index (χ1) is 12.5. The van der Waals surface area contributed by atoms with Gasteiger partial charge in [0, 0.05) is 18.4 Å². The Hall–Kier alpha value is -3.30. The minimum Gasteiger partial charge on any atom is -0.473 e. The lowest BCUT2D eigenvalue weighted by Gasteiger charge is -2.31. The second kappa shape index (κ2) is 10.6. The van der Waals surface area contributed by atoms with Crippen molar-refractivity contribution in [2.24, 2.45) is 5.92 Å².